The van der Waals surface area contributed by atoms with Crippen LogP contribution in [-0.2, 0) is 4.79 Å². The number of fused-ring (bicyclic) bond motifs is 1. The van der Waals surface area contributed by atoms with Crippen LogP contribution in [0, 0.1) is 5.92 Å². The number of nitrogens with one attached hydrogen (secondary N) is 2. The molecule has 6 heteroatoms. The van der Waals surface area contributed by atoms with E-state index in [4.69, 9.17) is 5.73 Å². The molecule has 0 aliphatic carbocycles. The van der Waals surface area contributed by atoms with Crippen molar-refractivity contribution in [3.63, 3.8) is 0 Å². The van der Waals surface area contributed by atoms with E-state index >= 15 is 0 Å². The summed E-state index contributed by atoms with van der Waals surface area (Å²) < 4.78 is 0. The summed E-state index contributed by atoms with van der Waals surface area (Å²) in [7, 11) is 0. The molecule has 0 atom stereocenters. The summed E-state index contributed by atoms with van der Waals surface area (Å²) in [6, 6.07) is 5.19. The van der Waals surface area contributed by atoms with Gasteiger partial charge in [0.05, 0.1) is 5.52 Å². The van der Waals surface area contributed by atoms with E-state index < -0.39 is 5.91 Å². The number of hydrogen-bond acceptors (Lipinski definition) is 3. The van der Waals surface area contributed by atoms with E-state index in [2.05, 4.69) is 15.5 Å². The summed E-state index contributed by atoms with van der Waals surface area (Å²) >= 11 is 0. The summed E-state index contributed by atoms with van der Waals surface area (Å²) in [4.78, 5) is 22.9. The molecule has 1 heterocycles. The Morgan fingerprint density at radius 2 is 2.16 bits per heavy atom. The predicted octanol–water partition coefficient (Wildman–Crippen LogP) is 1.65. The lowest BCUT2D eigenvalue weighted by atomic mass is 10.1. The van der Waals surface area contributed by atoms with Gasteiger partial charge in [-0.15, -0.1) is 0 Å². The zero-order valence-corrected chi connectivity index (χ0v) is 10.9. The van der Waals surface area contributed by atoms with Crippen LogP contribution in [0.15, 0.2) is 18.2 Å². The lowest BCUT2D eigenvalue weighted by Crippen LogP contribution is -2.14. The van der Waals surface area contributed by atoms with E-state index in [-0.39, 0.29) is 11.6 Å². The molecule has 4 N–H and O–H groups in total. The second-order valence-corrected chi connectivity index (χ2v) is 4.84. The van der Waals surface area contributed by atoms with Gasteiger partial charge in [0.1, 0.15) is 0 Å². The van der Waals surface area contributed by atoms with Gasteiger partial charge in [0.15, 0.2) is 5.69 Å². The number of benzene rings is 1. The van der Waals surface area contributed by atoms with Crippen molar-refractivity contribution >= 4 is 28.4 Å². The van der Waals surface area contributed by atoms with Gasteiger partial charge < -0.3 is 11.1 Å². The maximum Gasteiger partial charge on any atom is 0.269 e. The number of aromatic amines is 1. The van der Waals surface area contributed by atoms with Gasteiger partial charge in [-0.1, -0.05) is 13.8 Å². The molecular weight excluding hydrogens is 244 g/mol. The molecule has 0 radical (unpaired) electrons. The Balaban J connectivity index is 2.28. The molecule has 0 saturated carbocycles. The van der Waals surface area contributed by atoms with Gasteiger partial charge in [-0.2, -0.15) is 5.10 Å². The van der Waals surface area contributed by atoms with E-state index in [1.165, 1.54) is 0 Å². The normalized spacial score (nSPS) is 10.9. The van der Waals surface area contributed by atoms with E-state index in [0.717, 1.165) is 0 Å². The molecule has 2 amide bonds. The Labute approximate surface area is 110 Å². The van der Waals surface area contributed by atoms with Crippen LogP contribution in [0.2, 0.25) is 0 Å². The van der Waals surface area contributed by atoms with Gasteiger partial charge in [0.2, 0.25) is 5.91 Å². The van der Waals surface area contributed by atoms with Gasteiger partial charge in [0.25, 0.3) is 5.91 Å². The monoisotopic (exact) mass is 260 g/mol. The second kappa shape index (κ2) is 5.09. The Morgan fingerprint density at radius 1 is 1.42 bits per heavy atom. The third-order valence-electron chi connectivity index (χ3n) is 2.67. The van der Waals surface area contributed by atoms with Gasteiger partial charge >= 0.3 is 0 Å². The Bertz CT molecular complexity index is 631. The molecule has 0 aliphatic heterocycles. The van der Waals surface area contributed by atoms with Crippen molar-refractivity contribution in [3.8, 4) is 0 Å². The summed E-state index contributed by atoms with van der Waals surface area (Å²) in [6.45, 7) is 3.95. The third kappa shape index (κ3) is 2.90. The fourth-order valence-electron chi connectivity index (χ4n) is 1.86. The molecule has 0 bridgehead atoms. The summed E-state index contributed by atoms with van der Waals surface area (Å²) in [5.41, 5.74) is 6.74. The van der Waals surface area contributed by atoms with Crippen molar-refractivity contribution in [3.05, 3.63) is 23.9 Å². The van der Waals surface area contributed by atoms with Crippen LogP contribution in [0.1, 0.15) is 30.8 Å². The highest BCUT2D eigenvalue weighted by atomic mass is 16.2. The average molecular weight is 260 g/mol. The minimum absolute atomic E-state index is 0.0570. The molecule has 0 unspecified atom stereocenters. The number of nitrogens with zero attached hydrogens (tertiary/aromatic N) is 1. The lowest BCUT2D eigenvalue weighted by Gasteiger charge is -2.07. The Morgan fingerprint density at radius 3 is 2.79 bits per heavy atom. The van der Waals surface area contributed by atoms with Crippen molar-refractivity contribution in [2.45, 2.75) is 20.3 Å². The molecule has 1 aromatic carbocycles. The number of nitrogens with two attached hydrogens (primary N) is 1. The number of carbonyl (C=O) groups excluding carboxylic acids is 2. The molecule has 0 spiro atoms. The van der Waals surface area contributed by atoms with E-state index in [9.17, 15) is 9.59 Å². The largest absolute Gasteiger partial charge is 0.364 e. The van der Waals surface area contributed by atoms with Crippen molar-refractivity contribution in [2.75, 3.05) is 5.32 Å². The predicted molar refractivity (Wildman–Crippen MR) is 72.7 cm³/mol. The van der Waals surface area contributed by atoms with Crippen LogP contribution in [0.4, 0.5) is 5.69 Å². The zero-order chi connectivity index (χ0) is 14.0. The first-order valence-electron chi connectivity index (χ1n) is 6.05. The van der Waals surface area contributed by atoms with Gasteiger partial charge in [-0.25, -0.2) is 0 Å². The number of primary amides is 1. The molecule has 100 valence electrons. The first-order chi connectivity index (χ1) is 8.97. The highest BCUT2D eigenvalue weighted by molar-refractivity contribution is 6.05. The van der Waals surface area contributed by atoms with Crippen LogP contribution in [0.5, 0.6) is 0 Å². The zero-order valence-electron chi connectivity index (χ0n) is 10.9. The van der Waals surface area contributed by atoms with Crippen molar-refractivity contribution in [2.24, 2.45) is 11.7 Å². The molecule has 2 rings (SSSR count). The number of rotatable bonds is 4. The highest BCUT2D eigenvalue weighted by Crippen LogP contribution is 2.20. The molecule has 2 aromatic rings. The topological polar surface area (TPSA) is 101 Å². The van der Waals surface area contributed by atoms with E-state index in [1.54, 1.807) is 18.2 Å². The SMILES string of the molecule is CC(C)CC(=O)Nc1ccc2[nH]nc(C(N)=O)c2c1. The summed E-state index contributed by atoms with van der Waals surface area (Å²) in [5, 5.41) is 9.96. The number of H-pyrrole nitrogens is 1. The summed E-state index contributed by atoms with van der Waals surface area (Å²) in [6.07, 6.45) is 0.450. The quantitative estimate of drug-likeness (QED) is 0.779. The number of amides is 2. The maximum atomic E-state index is 11.7. The molecule has 0 aliphatic rings. The van der Waals surface area contributed by atoms with Gasteiger partial charge in [-0.05, 0) is 24.1 Å². The lowest BCUT2D eigenvalue weighted by molar-refractivity contribution is -0.116. The standard InChI is InChI=1S/C13H16N4O2/c1-7(2)5-11(18)15-8-3-4-10-9(6-8)12(13(14)19)17-16-10/h3-4,6-7H,5H2,1-2H3,(H2,14,19)(H,15,18)(H,16,17). The van der Waals surface area contributed by atoms with Gasteiger partial charge in [-0.3, -0.25) is 14.7 Å². The first-order valence-corrected chi connectivity index (χ1v) is 6.05. The van der Waals surface area contributed by atoms with Gasteiger partial charge in [0, 0.05) is 17.5 Å². The molecular formula is C13H16N4O2. The molecule has 0 saturated heterocycles. The van der Waals surface area contributed by atoms with Crippen molar-refractivity contribution in [1.29, 1.82) is 0 Å². The van der Waals surface area contributed by atoms with Crippen molar-refractivity contribution in [1.82, 2.24) is 10.2 Å². The summed E-state index contributed by atoms with van der Waals surface area (Å²) in [5.74, 6) is -0.366. The first kappa shape index (κ1) is 13.1. The highest BCUT2D eigenvalue weighted by Gasteiger charge is 2.12. The average Bonchev–Trinajstić information content (AvgIpc) is 2.70. The smallest absolute Gasteiger partial charge is 0.269 e. The van der Waals surface area contributed by atoms with Crippen LogP contribution in [0.3, 0.4) is 0 Å². The second-order valence-electron chi connectivity index (χ2n) is 4.84. The Hall–Kier alpha value is -2.37. The number of aromatic nitrogens is 2. The fourth-order valence-corrected chi connectivity index (χ4v) is 1.86. The van der Waals surface area contributed by atoms with Crippen LogP contribution >= 0.6 is 0 Å². The van der Waals surface area contributed by atoms with E-state index in [1.807, 2.05) is 13.8 Å². The molecule has 19 heavy (non-hydrogen) atoms. The van der Waals surface area contributed by atoms with E-state index in [0.29, 0.717) is 28.9 Å². The fraction of sp³-hybridized carbons (Fsp3) is 0.308. The number of anilines is 1. The minimum Gasteiger partial charge on any atom is -0.364 e. The molecule has 6 nitrogen and oxygen atoms in total. The van der Waals surface area contributed by atoms with Crippen LogP contribution < -0.4 is 11.1 Å². The van der Waals surface area contributed by atoms with Crippen LogP contribution in [-0.4, -0.2) is 22.0 Å². The van der Waals surface area contributed by atoms with Crippen LogP contribution in [0.25, 0.3) is 10.9 Å². The number of hydrogen-bond donors (Lipinski definition) is 3. The minimum atomic E-state index is -0.600. The molecule has 1 aromatic heterocycles. The number of carbonyl (C=O) groups is 2. The molecule has 0 fully saturated rings. The maximum absolute atomic E-state index is 11.7. The van der Waals surface area contributed by atoms with Crippen molar-refractivity contribution < 1.29 is 9.59 Å². The Kier molecular flexibility index (Phi) is 3.50. The third-order valence-corrected chi connectivity index (χ3v) is 2.67.